The first kappa shape index (κ1) is 18.0. The average molecular weight is 375 g/mol. The third kappa shape index (κ3) is 3.81. The molecule has 1 aliphatic rings. The van der Waals surface area contributed by atoms with Crippen molar-refractivity contribution in [1.29, 1.82) is 0 Å². The van der Waals surface area contributed by atoms with Crippen LogP contribution in [0.4, 0.5) is 11.4 Å². The topological polar surface area (TPSA) is 84.2 Å². The van der Waals surface area contributed by atoms with Gasteiger partial charge in [-0.05, 0) is 49.6 Å². The van der Waals surface area contributed by atoms with Crippen LogP contribution in [0.25, 0.3) is 11.3 Å². The van der Waals surface area contributed by atoms with E-state index in [-0.39, 0.29) is 17.7 Å². The summed E-state index contributed by atoms with van der Waals surface area (Å²) in [6.07, 6.45) is 5.97. The van der Waals surface area contributed by atoms with E-state index in [0.717, 1.165) is 30.4 Å². The van der Waals surface area contributed by atoms with Gasteiger partial charge in [-0.25, -0.2) is 4.98 Å². The zero-order valence-corrected chi connectivity index (χ0v) is 15.6. The minimum atomic E-state index is -0.242. The van der Waals surface area contributed by atoms with Gasteiger partial charge >= 0.3 is 0 Å². The molecule has 1 heterocycles. The van der Waals surface area contributed by atoms with Crippen molar-refractivity contribution < 1.29 is 14.0 Å². The molecule has 0 saturated heterocycles. The van der Waals surface area contributed by atoms with Gasteiger partial charge in [-0.3, -0.25) is 9.59 Å². The Kier molecular flexibility index (Phi) is 4.93. The Hall–Kier alpha value is -3.41. The zero-order chi connectivity index (χ0) is 19.5. The molecule has 6 nitrogen and oxygen atoms in total. The van der Waals surface area contributed by atoms with Gasteiger partial charge < -0.3 is 15.1 Å². The fourth-order valence-corrected chi connectivity index (χ4v) is 3.11. The summed E-state index contributed by atoms with van der Waals surface area (Å²) in [6.45, 7) is 1.92. The van der Waals surface area contributed by atoms with Crippen LogP contribution in [-0.2, 0) is 4.79 Å². The standard InChI is InChI=1S/C22H21N3O3/c1-14-8-9-17(11-19(14)25-21(26)15-4-2-5-15)22(27)24-18-7-3-6-16(10-18)20-12-23-13-28-20/h3,6-13,15H,2,4-5H2,1H3,(H,24,27)(H,25,26). The van der Waals surface area contributed by atoms with Crippen LogP contribution in [0.15, 0.2) is 59.5 Å². The molecule has 2 amide bonds. The van der Waals surface area contributed by atoms with E-state index >= 15 is 0 Å². The van der Waals surface area contributed by atoms with Crippen LogP contribution in [0.2, 0.25) is 0 Å². The number of rotatable bonds is 5. The summed E-state index contributed by atoms with van der Waals surface area (Å²) in [5.74, 6) is 0.517. The minimum Gasteiger partial charge on any atom is -0.444 e. The van der Waals surface area contributed by atoms with Gasteiger partial charge in [-0.1, -0.05) is 24.6 Å². The van der Waals surface area contributed by atoms with Gasteiger partial charge in [0.1, 0.15) is 0 Å². The molecule has 3 aromatic rings. The number of hydrogen-bond donors (Lipinski definition) is 2. The highest BCUT2D eigenvalue weighted by Crippen LogP contribution is 2.28. The van der Waals surface area contributed by atoms with Gasteiger partial charge in [0, 0.05) is 28.4 Å². The first-order valence-electron chi connectivity index (χ1n) is 9.32. The van der Waals surface area contributed by atoms with Crippen LogP contribution >= 0.6 is 0 Å². The molecule has 1 aliphatic carbocycles. The number of hydrogen-bond acceptors (Lipinski definition) is 4. The van der Waals surface area contributed by atoms with Crippen LogP contribution in [0.3, 0.4) is 0 Å². The summed E-state index contributed by atoms with van der Waals surface area (Å²) in [6, 6.07) is 12.7. The molecule has 0 aliphatic heterocycles. The van der Waals surface area contributed by atoms with Crippen LogP contribution in [0.1, 0.15) is 35.2 Å². The number of carbonyl (C=O) groups is 2. The molecule has 0 unspecified atom stereocenters. The van der Waals surface area contributed by atoms with Gasteiger partial charge in [0.2, 0.25) is 5.91 Å². The number of oxazole rings is 1. The van der Waals surface area contributed by atoms with E-state index in [1.165, 1.54) is 6.39 Å². The molecular formula is C22H21N3O3. The van der Waals surface area contributed by atoms with Gasteiger partial charge in [-0.2, -0.15) is 0 Å². The normalized spacial score (nSPS) is 13.6. The summed E-state index contributed by atoms with van der Waals surface area (Å²) in [7, 11) is 0. The van der Waals surface area contributed by atoms with E-state index in [2.05, 4.69) is 15.6 Å². The van der Waals surface area contributed by atoms with E-state index in [0.29, 0.717) is 22.7 Å². The van der Waals surface area contributed by atoms with Crippen molar-refractivity contribution in [1.82, 2.24) is 4.98 Å². The minimum absolute atomic E-state index is 0.0340. The second-order valence-corrected chi connectivity index (χ2v) is 7.05. The average Bonchev–Trinajstić information content (AvgIpc) is 3.17. The largest absolute Gasteiger partial charge is 0.444 e. The third-order valence-electron chi connectivity index (χ3n) is 5.07. The molecule has 2 aromatic carbocycles. The molecule has 142 valence electrons. The maximum Gasteiger partial charge on any atom is 0.255 e. The molecule has 1 aromatic heterocycles. The lowest BCUT2D eigenvalue weighted by Gasteiger charge is -2.24. The highest BCUT2D eigenvalue weighted by Gasteiger charge is 2.25. The molecular weight excluding hydrogens is 354 g/mol. The lowest BCUT2D eigenvalue weighted by atomic mass is 9.85. The molecule has 0 radical (unpaired) electrons. The quantitative estimate of drug-likeness (QED) is 0.680. The lowest BCUT2D eigenvalue weighted by Crippen LogP contribution is -2.28. The van der Waals surface area contributed by atoms with Crippen molar-refractivity contribution in [3.63, 3.8) is 0 Å². The molecule has 2 N–H and O–H groups in total. The SMILES string of the molecule is Cc1ccc(C(=O)Nc2cccc(-c3cnco3)c2)cc1NC(=O)C1CCC1. The summed E-state index contributed by atoms with van der Waals surface area (Å²) >= 11 is 0. The second kappa shape index (κ2) is 7.68. The molecule has 0 bridgehead atoms. The Bertz CT molecular complexity index is 1010. The number of aromatic nitrogens is 1. The first-order valence-corrected chi connectivity index (χ1v) is 9.32. The smallest absolute Gasteiger partial charge is 0.255 e. The van der Waals surface area contributed by atoms with Crippen molar-refractivity contribution in [2.75, 3.05) is 10.6 Å². The maximum atomic E-state index is 12.7. The van der Waals surface area contributed by atoms with Crippen molar-refractivity contribution in [3.8, 4) is 11.3 Å². The Morgan fingerprint density at radius 3 is 2.68 bits per heavy atom. The molecule has 1 saturated carbocycles. The first-order chi connectivity index (χ1) is 13.6. The molecule has 6 heteroatoms. The Morgan fingerprint density at radius 2 is 1.96 bits per heavy atom. The van der Waals surface area contributed by atoms with Crippen molar-refractivity contribution in [2.24, 2.45) is 5.92 Å². The van der Waals surface area contributed by atoms with Crippen LogP contribution in [-0.4, -0.2) is 16.8 Å². The Labute approximate surface area is 163 Å². The van der Waals surface area contributed by atoms with Gasteiger partial charge in [-0.15, -0.1) is 0 Å². The van der Waals surface area contributed by atoms with Crippen molar-refractivity contribution >= 4 is 23.2 Å². The molecule has 4 rings (SSSR count). The van der Waals surface area contributed by atoms with E-state index in [1.54, 1.807) is 18.3 Å². The van der Waals surface area contributed by atoms with Crippen LogP contribution in [0.5, 0.6) is 0 Å². The van der Waals surface area contributed by atoms with E-state index in [1.807, 2.05) is 37.3 Å². The number of benzene rings is 2. The lowest BCUT2D eigenvalue weighted by molar-refractivity contribution is -0.122. The summed E-state index contributed by atoms with van der Waals surface area (Å²) < 4.78 is 5.30. The van der Waals surface area contributed by atoms with E-state index in [4.69, 9.17) is 4.42 Å². The predicted octanol–water partition coefficient (Wildman–Crippen LogP) is 4.64. The predicted molar refractivity (Wildman–Crippen MR) is 107 cm³/mol. The molecule has 0 spiro atoms. The molecule has 28 heavy (non-hydrogen) atoms. The second-order valence-electron chi connectivity index (χ2n) is 7.05. The van der Waals surface area contributed by atoms with Crippen molar-refractivity contribution in [2.45, 2.75) is 26.2 Å². The summed E-state index contributed by atoms with van der Waals surface area (Å²) in [4.78, 5) is 28.9. The number of anilines is 2. The van der Waals surface area contributed by atoms with Crippen LogP contribution in [0, 0.1) is 12.8 Å². The fraction of sp³-hybridized carbons (Fsp3) is 0.227. The number of nitrogens with zero attached hydrogens (tertiary/aromatic N) is 1. The Balaban J connectivity index is 1.49. The maximum absolute atomic E-state index is 12.7. The van der Waals surface area contributed by atoms with Crippen molar-refractivity contribution in [3.05, 3.63) is 66.2 Å². The zero-order valence-electron chi connectivity index (χ0n) is 15.6. The van der Waals surface area contributed by atoms with Gasteiger partial charge in [0.25, 0.3) is 5.91 Å². The molecule has 1 fully saturated rings. The van der Waals surface area contributed by atoms with E-state index < -0.39 is 0 Å². The Morgan fingerprint density at radius 1 is 1.11 bits per heavy atom. The number of nitrogens with one attached hydrogen (secondary N) is 2. The number of carbonyl (C=O) groups excluding carboxylic acids is 2. The monoisotopic (exact) mass is 375 g/mol. The van der Waals surface area contributed by atoms with Gasteiger partial charge in [0.05, 0.1) is 6.20 Å². The van der Waals surface area contributed by atoms with E-state index in [9.17, 15) is 9.59 Å². The highest BCUT2D eigenvalue weighted by molar-refractivity contribution is 6.06. The van der Waals surface area contributed by atoms with Crippen LogP contribution < -0.4 is 10.6 Å². The number of aryl methyl sites for hydroxylation is 1. The fourth-order valence-electron chi connectivity index (χ4n) is 3.11. The molecule has 0 atom stereocenters. The summed E-state index contributed by atoms with van der Waals surface area (Å²) in [5, 5.41) is 5.85. The van der Waals surface area contributed by atoms with Gasteiger partial charge in [0.15, 0.2) is 12.2 Å². The number of amides is 2. The summed E-state index contributed by atoms with van der Waals surface area (Å²) in [5.41, 5.74) is 3.57. The third-order valence-corrected chi connectivity index (χ3v) is 5.07. The highest BCUT2D eigenvalue weighted by atomic mass is 16.3.